The molecular weight excluding hydrogens is 316 g/mol. The summed E-state index contributed by atoms with van der Waals surface area (Å²) in [4.78, 5) is 13.3. The number of rotatable bonds is 5. The minimum Gasteiger partial charge on any atom is -0.493 e. The highest BCUT2D eigenvalue weighted by Crippen LogP contribution is 2.24. The highest BCUT2D eigenvalue weighted by Gasteiger charge is 2.29. The van der Waals surface area contributed by atoms with Crippen LogP contribution in [0.3, 0.4) is 0 Å². The summed E-state index contributed by atoms with van der Waals surface area (Å²) >= 11 is 0. The van der Waals surface area contributed by atoms with Gasteiger partial charge in [-0.05, 0) is 37.1 Å². The van der Waals surface area contributed by atoms with Crippen LogP contribution in [-0.2, 0) is 14.8 Å². The third kappa shape index (κ3) is 4.03. The molecule has 1 aliphatic rings. The molecule has 2 rings (SSSR count). The molecule has 0 N–H and O–H groups in total. The van der Waals surface area contributed by atoms with Gasteiger partial charge in [-0.3, -0.25) is 4.79 Å². The molecule has 1 heterocycles. The van der Waals surface area contributed by atoms with Gasteiger partial charge in [0.25, 0.3) is 0 Å². The molecule has 128 valence electrons. The van der Waals surface area contributed by atoms with Crippen LogP contribution in [0.5, 0.6) is 5.75 Å². The summed E-state index contributed by atoms with van der Waals surface area (Å²) in [7, 11) is -3.53. The highest BCUT2D eigenvalue weighted by molar-refractivity contribution is 7.89. The Kier molecular flexibility index (Phi) is 5.64. The maximum atomic E-state index is 12.7. The Morgan fingerprint density at radius 1 is 1.22 bits per heavy atom. The van der Waals surface area contributed by atoms with Crippen molar-refractivity contribution in [3.63, 3.8) is 0 Å². The van der Waals surface area contributed by atoms with E-state index in [4.69, 9.17) is 4.74 Å². The van der Waals surface area contributed by atoms with Gasteiger partial charge in [-0.25, -0.2) is 8.42 Å². The third-order valence-corrected chi connectivity index (χ3v) is 5.82. The summed E-state index contributed by atoms with van der Waals surface area (Å²) < 4.78 is 32.5. The molecule has 0 atom stereocenters. The van der Waals surface area contributed by atoms with E-state index < -0.39 is 10.0 Å². The summed E-state index contributed by atoms with van der Waals surface area (Å²) in [5.41, 5.74) is 0.807. The fourth-order valence-corrected chi connectivity index (χ4v) is 4.06. The van der Waals surface area contributed by atoms with Crippen molar-refractivity contribution in [3.8, 4) is 5.75 Å². The van der Waals surface area contributed by atoms with Crippen LogP contribution in [-0.4, -0.2) is 56.3 Å². The van der Waals surface area contributed by atoms with Gasteiger partial charge in [0.05, 0.1) is 11.5 Å². The minimum absolute atomic E-state index is 0.0182. The van der Waals surface area contributed by atoms with Gasteiger partial charge in [-0.2, -0.15) is 4.31 Å². The molecule has 1 aromatic rings. The summed E-state index contributed by atoms with van der Waals surface area (Å²) in [6.07, 6.45) is 0.903. The number of carbonyl (C=O) groups is 1. The first kappa shape index (κ1) is 17.7. The van der Waals surface area contributed by atoms with E-state index >= 15 is 0 Å². The van der Waals surface area contributed by atoms with E-state index in [1.807, 2.05) is 13.8 Å². The van der Waals surface area contributed by atoms with Crippen LogP contribution in [0.2, 0.25) is 0 Å². The topological polar surface area (TPSA) is 66.9 Å². The molecule has 23 heavy (non-hydrogen) atoms. The zero-order valence-electron chi connectivity index (χ0n) is 13.9. The van der Waals surface area contributed by atoms with Crippen LogP contribution in [0.1, 0.15) is 25.8 Å². The van der Waals surface area contributed by atoms with Gasteiger partial charge in [0.2, 0.25) is 15.9 Å². The lowest BCUT2D eigenvalue weighted by molar-refractivity contribution is -0.129. The lowest BCUT2D eigenvalue weighted by Crippen LogP contribution is -2.49. The molecule has 0 radical (unpaired) electrons. The highest BCUT2D eigenvalue weighted by atomic mass is 32.2. The number of benzene rings is 1. The second-order valence-electron chi connectivity index (χ2n) is 5.69. The molecule has 0 saturated carbocycles. The van der Waals surface area contributed by atoms with Crippen molar-refractivity contribution in [1.29, 1.82) is 0 Å². The molecule has 1 aromatic carbocycles. The molecule has 1 fully saturated rings. The lowest BCUT2D eigenvalue weighted by atomic mass is 10.2. The van der Waals surface area contributed by atoms with Crippen molar-refractivity contribution < 1.29 is 17.9 Å². The second-order valence-corrected chi connectivity index (χ2v) is 7.62. The molecule has 7 heteroatoms. The zero-order chi connectivity index (χ0) is 17.0. The molecule has 0 unspecified atom stereocenters. The van der Waals surface area contributed by atoms with Crippen LogP contribution in [0.25, 0.3) is 0 Å². The van der Waals surface area contributed by atoms with E-state index in [1.54, 1.807) is 23.1 Å². The Labute approximate surface area is 138 Å². The summed E-state index contributed by atoms with van der Waals surface area (Å²) in [6.45, 7) is 7.51. The van der Waals surface area contributed by atoms with E-state index in [0.29, 0.717) is 38.5 Å². The number of piperazine rings is 1. The van der Waals surface area contributed by atoms with Crippen molar-refractivity contribution in [2.75, 3.05) is 32.8 Å². The summed E-state index contributed by atoms with van der Waals surface area (Å²) in [5.74, 6) is 0.697. The number of hydrogen-bond acceptors (Lipinski definition) is 4. The normalized spacial score (nSPS) is 16.4. The Balaban J connectivity index is 2.14. The quantitative estimate of drug-likeness (QED) is 0.817. The Bertz CT molecular complexity index is 665. The molecular formula is C16H24N2O4S. The number of carbonyl (C=O) groups excluding carboxylic acids is 1. The lowest BCUT2D eigenvalue weighted by Gasteiger charge is -2.33. The van der Waals surface area contributed by atoms with E-state index in [9.17, 15) is 13.2 Å². The zero-order valence-corrected chi connectivity index (χ0v) is 14.7. The average molecular weight is 340 g/mol. The SMILES string of the molecule is CCCOc1ccc(S(=O)(=O)N2CCN(C(C)=O)CC2)cc1C. The Morgan fingerprint density at radius 2 is 1.87 bits per heavy atom. The smallest absolute Gasteiger partial charge is 0.243 e. The molecule has 1 saturated heterocycles. The van der Waals surface area contributed by atoms with Crippen molar-refractivity contribution in [2.45, 2.75) is 32.1 Å². The van der Waals surface area contributed by atoms with E-state index in [1.165, 1.54) is 11.2 Å². The minimum atomic E-state index is -3.53. The first-order chi connectivity index (χ1) is 10.9. The number of nitrogens with zero attached hydrogens (tertiary/aromatic N) is 2. The van der Waals surface area contributed by atoms with Gasteiger partial charge >= 0.3 is 0 Å². The largest absolute Gasteiger partial charge is 0.493 e. The average Bonchev–Trinajstić information content (AvgIpc) is 2.53. The Morgan fingerprint density at radius 3 is 2.39 bits per heavy atom. The van der Waals surface area contributed by atoms with Crippen LogP contribution >= 0.6 is 0 Å². The van der Waals surface area contributed by atoms with Crippen molar-refractivity contribution in [2.24, 2.45) is 0 Å². The summed E-state index contributed by atoms with van der Waals surface area (Å²) in [6, 6.07) is 4.95. The summed E-state index contributed by atoms with van der Waals surface area (Å²) in [5, 5.41) is 0. The predicted octanol–water partition coefficient (Wildman–Crippen LogP) is 1.64. The maximum absolute atomic E-state index is 12.7. The van der Waals surface area contributed by atoms with Crippen LogP contribution < -0.4 is 4.74 Å². The number of aryl methyl sites for hydroxylation is 1. The number of hydrogen-bond donors (Lipinski definition) is 0. The van der Waals surface area contributed by atoms with Gasteiger partial charge in [0, 0.05) is 33.1 Å². The first-order valence-corrected chi connectivity index (χ1v) is 9.29. The fourth-order valence-electron chi connectivity index (χ4n) is 2.55. The van der Waals surface area contributed by atoms with Crippen LogP contribution in [0.4, 0.5) is 0 Å². The fraction of sp³-hybridized carbons (Fsp3) is 0.562. The molecule has 0 bridgehead atoms. The maximum Gasteiger partial charge on any atom is 0.243 e. The molecule has 0 aliphatic carbocycles. The van der Waals surface area contributed by atoms with E-state index in [2.05, 4.69) is 0 Å². The first-order valence-electron chi connectivity index (χ1n) is 7.85. The van der Waals surface area contributed by atoms with Crippen molar-refractivity contribution in [3.05, 3.63) is 23.8 Å². The van der Waals surface area contributed by atoms with Crippen molar-refractivity contribution >= 4 is 15.9 Å². The van der Waals surface area contributed by atoms with Gasteiger partial charge in [0.15, 0.2) is 0 Å². The van der Waals surface area contributed by atoms with Gasteiger partial charge < -0.3 is 9.64 Å². The number of amides is 1. The van der Waals surface area contributed by atoms with Gasteiger partial charge in [-0.1, -0.05) is 6.92 Å². The molecule has 1 aliphatic heterocycles. The molecule has 0 aromatic heterocycles. The van der Waals surface area contributed by atoms with Gasteiger partial charge in [0.1, 0.15) is 5.75 Å². The van der Waals surface area contributed by atoms with Crippen molar-refractivity contribution in [1.82, 2.24) is 9.21 Å². The third-order valence-electron chi connectivity index (χ3n) is 3.93. The monoisotopic (exact) mass is 340 g/mol. The molecule has 0 spiro atoms. The van der Waals surface area contributed by atoms with E-state index in [-0.39, 0.29) is 10.8 Å². The second kappa shape index (κ2) is 7.31. The Hall–Kier alpha value is -1.60. The standard InChI is InChI=1S/C16H24N2O4S/c1-4-11-22-16-6-5-15(12-13(16)2)23(20,21)18-9-7-17(8-10-18)14(3)19/h5-6,12H,4,7-11H2,1-3H3. The number of sulfonamides is 1. The van der Waals surface area contributed by atoms with Gasteiger partial charge in [-0.15, -0.1) is 0 Å². The predicted molar refractivity (Wildman–Crippen MR) is 88.0 cm³/mol. The molecule has 1 amide bonds. The van der Waals surface area contributed by atoms with E-state index in [0.717, 1.165) is 12.0 Å². The van der Waals surface area contributed by atoms with Crippen LogP contribution in [0, 0.1) is 6.92 Å². The van der Waals surface area contributed by atoms with Crippen LogP contribution in [0.15, 0.2) is 23.1 Å². The number of ether oxygens (including phenoxy) is 1. The molecule has 6 nitrogen and oxygen atoms in total.